The van der Waals surface area contributed by atoms with Crippen LogP contribution < -0.4 is 14.3 Å². The van der Waals surface area contributed by atoms with Gasteiger partial charge in [0.25, 0.3) is 5.91 Å². The molecule has 1 aromatic carbocycles. The molecule has 1 unspecified atom stereocenters. The molecule has 1 aromatic rings. The molecule has 1 saturated carbocycles. The van der Waals surface area contributed by atoms with Gasteiger partial charge in [0, 0.05) is 18.2 Å². The van der Waals surface area contributed by atoms with Crippen LogP contribution in [0.15, 0.2) is 18.2 Å². The van der Waals surface area contributed by atoms with Crippen molar-refractivity contribution in [3.05, 3.63) is 29.6 Å². The molecule has 0 radical (unpaired) electrons. The van der Waals surface area contributed by atoms with E-state index in [4.69, 9.17) is 0 Å². The monoisotopic (exact) mass is 395 g/mol. The molecule has 0 bridgehead atoms. The summed E-state index contributed by atoms with van der Waals surface area (Å²) < 4.78 is 41.5. The van der Waals surface area contributed by atoms with Gasteiger partial charge in [-0.25, -0.2) is 13.4 Å². The molecular weight excluding hydrogens is 373 g/mol. The molecule has 1 amide bonds. The van der Waals surface area contributed by atoms with E-state index in [1.807, 2.05) is 6.08 Å². The zero-order valence-electron chi connectivity index (χ0n) is 14.7. The summed E-state index contributed by atoms with van der Waals surface area (Å²) in [4.78, 5) is 11.4. The van der Waals surface area contributed by atoms with Gasteiger partial charge in [-0.2, -0.15) is 8.42 Å². The van der Waals surface area contributed by atoms with E-state index in [0.29, 0.717) is 10.8 Å². The van der Waals surface area contributed by atoms with Crippen LogP contribution in [0, 0.1) is 11.7 Å². The van der Waals surface area contributed by atoms with Gasteiger partial charge in [0.15, 0.2) is 5.82 Å². The molecule has 0 aromatic heterocycles. The number of halogens is 1. The normalized spacial score (nSPS) is 24.2. The second kappa shape index (κ2) is 6.79. The Morgan fingerprint density at radius 1 is 1.26 bits per heavy atom. The van der Waals surface area contributed by atoms with Gasteiger partial charge in [0.05, 0.1) is 0 Å². The number of hydrogen-bond donors (Lipinski definition) is 3. The molecule has 7 nitrogen and oxygen atoms in total. The van der Waals surface area contributed by atoms with Crippen molar-refractivity contribution in [3.8, 4) is 5.75 Å². The highest BCUT2D eigenvalue weighted by Crippen LogP contribution is 2.38. The molecule has 2 heterocycles. The molecule has 27 heavy (non-hydrogen) atoms. The number of phenols is 1. The van der Waals surface area contributed by atoms with Gasteiger partial charge in [-0.3, -0.25) is 4.79 Å². The number of carbonyl (C=O) groups is 1. The third-order valence-corrected chi connectivity index (χ3v) is 6.67. The zero-order chi connectivity index (χ0) is 19.2. The van der Waals surface area contributed by atoms with Crippen LogP contribution in [0.4, 0.5) is 10.1 Å². The Kier molecular flexibility index (Phi) is 4.59. The molecule has 1 saturated heterocycles. The van der Waals surface area contributed by atoms with Gasteiger partial charge in [-0.1, -0.05) is 31.8 Å². The predicted molar refractivity (Wildman–Crippen MR) is 98.8 cm³/mol. The minimum Gasteiger partial charge on any atom is -0.506 e. The van der Waals surface area contributed by atoms with Gasteiger partial charge in [-0.05, 0) is 30.0 Å². The molecule has 3 N–H and O–H groups in total. The average molecular weight is 395 g/mol. The standard InChI is InChI=1S/C18H22FN3O4S/c19-17-14(12-8-13(20-9-12)3-1-2-11-4-5-11)6-7-15(23)18(17)22-10-16(24)21-27(22,25)26/h6-8,11,13,20,23H,1-5,9-10H2,(H,21,24). The van der Waals surface area contributed by atoms with E-state index >= 15 is 4.39 Å². The average Bonchev–Trinajstić information content (AvgIpc) is 3.22. The first-order valence-electron chi connectivity index (χ1n) is 9.14. The molecule has 146 valence electrons. The summed E-state index contributed by atoms with van der Waals surface area (Å²) in [6.07, 6.45) is 7.95. The summed E-state index contributed by atoms with van der Waals surface area (Å²) in [6, 6.07) is 2.86. The number of anilines is 1. The van der Waals surface area contributed by atoms with Crippen molar-refractivity contribution < 1.29 is 22.7 Å². The topological polar surface area (TPSA) is 98.7 Å². The van der Waals surface area contributed by atoms with Crippen molar-refractivity contribution in [1.29, 1.82) is 0 Å². The Hall–Kier alpha value is -2.13. The Morgan fingerprint density at radius 2 is 2.04 bits per heavy atom. The van der Waals surface area contributed by atoms with Crippen molar-refractivity contribution in [2.45, 2.75) is 38.1 Å². The van der Waals surface area contributed by atoms with Crippen LogP contribution in [0.2, 0.25) is 0 Å². The zero-order valence-corrected chi connectivity index (χ0v) is 15.6. The highest BCUT2D eigenvalue weighted by molar-refractivity contribution is 7.92. The van der Waals surface area contributed by atoms with Crippen LogP contribution in [0.1, 0.15) is 37.7 Å². The van der Waals surface area contributed by atoms with Gasteiger partial charge in [0.2, 0.25) is 0 Å². The summed E-state index contributed by atoms with van der Waals surface area (Å²) in [5.41, 5.74) is 0.458. The Morgan fingerprint density at radius 3 is 2.70 bits per heavy atom. The number of carbonyl (C=O) groups excluding carboxylic acids is 1. The number of aromatic hydroxyl groups is 1. The smallest absolute Gasteiger partial charge is 0.326 e. The van der Waals surface area contributed by atoms with E-state index in [0.717, 1.165) is 24.3 Å². The number of amides is 1. The molecule has 4 rings (SSSR count). The first-order chi connectivity index (χ1) is 12.8. The number of nitrogens with zero attached hydrogens (tertiary/aromatic N) is 1. The minimum atomic E-state index is -4.20. The summed E-state index contributed by atoms with van der Waals surface area (Å²) >= 11 is 0. The molecule has 0 spiro atoms. The van der Waals surface area contributed by atoms with Crippen molar-refractivity contribution >= 4 is 27.4 Å². The highest BCUT2D eigenvalue weighted by Gasteiger charge is 2.38. The fraction of sp³-hybridized carbons (Fsp3) is 0.500. The first-order valence-corrected chi connectivity index (χ1v) is 10.6. The number of phenolic OH excluding ortho intramolecular Hbond substituents is 1. The highest BCUT2D eigenvalue weighted by atomic mass is 32.2. The van der Waals surface area contributed by atoms with E-state index < -0.39 is 39.9 Å². The maximum Gasteiger partial charge on any atom is 0.326 e. The maximum absolute atomic E-state index is 15.1. The van der Waals surface area contributed by atoms with Crippen molar-refractivity contribution in [1.82, 2.24) is 10.0 Å². The van der Waals surface area contributed by atoms with E-state index in [9.17, 15) is 18.3 Å². The van der Waals surface area contributed by atoms with Gasteiger partial charge in [0.1, 0.15) is 18.0 Å². The van der Waals surface area contributed by atoms with Crippen LogP contribution in [0.5, 0.6) is 5.75 Å². The van der Waals surface area contributed by atoms with Crippen molar-refractivity contribution in [3.63, 3.8) is 0 Å². The fourth-order valence-corrected chi connectivity index (χ4v) is 4.85. The van der Waals surface area contributed by atoms with Crippen LogP contribution in [0.3, 0.4) is 0 Å². The predicted octanol–water partition coefficient (Wildman–Crippen LogP) is 1.65. The molecule has 2 aliphatic heterocycles. The number of nitrogens with one attached hydrogen (secondary N) is 2. The second-order valence-electron chi connectivity index (χ2n) is 7.39. The van der Waals surface area contributed by atoms with Crippen LogP contribution in [-0.2, 0) is 15.0 Å². The first kappa shape index (κ1) is 18.2. The molecule has 9 heteroatoms. The van der Waals surface area contributed by atoms with E-state index in [1.165, 1.54) is 31.4 Å². The Bertz CT molecular complexity index is 911. The lowest BCUT2D eigenvalue weighted by Gasteiger charge is -2.18. The number of rotatable bonds is 6. The summed E-state index contributed by atoms with van der Waals surface area (Å²) in [7, 11) is -4.20. The van der Waals surface area contributed by atoms with Gasteiger partial charge < -0.3 is 10.4 Å². The van der Waals surface area contributed by atoms with Crippen LogP contribution in [0.25, 0.3) is 5.57 Å². The quantitative estimate of drug-likeness (QED) is 0.680. The van der Waals surface area contributed by atoms with Gasteiger partial charge in [-0.15, -0.1) is 0 Å². The molecule has 2 fully saturated rings. The lowest BCUT2D eigenvalue weighted by Crippen LogP contribution is -2.30. The third kappa shape index (κ3) is 3.66. The Balaban J connectivity index is 1.58. The summed E-state index contributed by atoms with van der Waals surface area (Å²) in [6.45, 7) is -0.0868. The number of hydrogen-bond acceptors (Lipinski definition) is 5. The lowest BCUT2D eigenvalue weighted by molar-refractivity contribution is -0.117. The van der Waals surface area contributed by atoms with Crippen LogP contribution >= 0.6 is 0 Å². The van der Waals surface area contributed by atoms with Crippen molar-refractivity contribution in [2.24, 2.45) is 5.92 Å². The Labute approximate surface area is 157 Å². The van der Waals surface area contributed by atoms with Crippen LogP contribution in [-0.4, -0.2) is 38.6 Å². The van der Waals surface area contributed by atoms with E-state index in [1.54, 1.807) is 4.72 Å². The van der Waals surface area contributed by atoms with E-state index in [2.05, 4.69) is 5.32 Å². The summed E-state index contributed by atoms with van der Waals surface area (Å²) in [5, 5.41) is 13.4. The minimum absolute atomic E-state index is 0.161. The SMILES string of the molecule is O=C1CN(c2c(O)ccc(C3=CC(CCCC4CC4)NC3)c2F)S(=O)(=O)N1. The lowest BCUT2D eigenvalue weighted by atomic mass is 10.0. The molecule has 3 aliphatic rings. The van der Waals surface area contributed by atoms with Gasteiger partial charge >= 0.3 is 10.2 Å². The van der Waals surface area contributed by atoms with Crippen molar-refractivity contribution in [2.75, 3.05) is 17.4 Å². The number of benzene rings is 1. The molecule has 1 atom stereocenters. The largest absolute Gasteiger partial charge is 0.506 e. The molecular formula is C18H22FN3O4S. The maximum atomic E-state index is 15.1. The summed E-state index contributed by atoms with van der Waals surface area (Å²) in [5.74, 6) is -1.26. The molecule has 1 aliphatic carbocycles. The second-order valence-corrected chi connectivity index (χ2v) is 8.98. The fourth-order valence-electron chi connectivity index (χ4n) is 3.69. The third-order valence-electron chi connectivity index (χ3n) is 5.29. The van der Waals surface area contributed by atoms with E-state index in [-0.39, 0.29) is 11.6 Å².